The largest absolute Gasteiger partial charge is 0.478 e. The Morgan fingerprint density at radius 2 is 1.88 bits per heavy atom. The van der Waals surface area contributed by atoms with Gasteiger partial charge in [0.25, 0.3) is 0 Å². The van der Waals surface area contributed by atoms with Crippen LogP contribution in [-0.4, -0.2) is 30.4 Å². The number of nitrogens with one attached hydrogen (secondary N) is 1. The van der Waals surface area contributed by atoms with E-state index in [-0.39, 0.29) is 23.8 Å². The van der Waals surface area contributed by atoms with Crippen molar-refractivity contribution in [2.45, 2.75) is 18.2 Å². The molecule has 2 aliphatic heterocycles. The Hall–Kier alpha value is -2.08. The SMILES string of the molecule is O=C(O)c1ccc([C@@H]2Nc3ccc(Cl)cc3[C@@H]3OCCO[C@H]23)cc1. The van der Waals surface area contributed by atoms with Crippen molar-refractivity contribution >= 4 is 23.3 Å². The molecule has 24 heavy (non-hydrogen) atoms. The summed E-state index contributed by atoms with van der Waals surface area (Å²) in [7, 11) is 0. The van der Waals surface area contributed by atoms with Crippen molar-refractivity contribution in [2.75, 3.05) is 18.5 Å². The summed E-state index contributed by atoms with van der Waals surface area (Å²) in [6.45, 7) is 1.07. The molecule has 4 rings (SSSR count). The van der Waals surface area contributed by atoms with E-state index in [1.165, 1.54) is 0 Å². The lowest BCUT2D eigenvalue weighted by Gasteiger charge is -2.43. The second kappa shape index (κ2) is 6.09. The van der Waals surface area contributed by atoms with Gasteiger partial charge in [-0.05, 0) is 35.9 Å². The van der Waals surface area contributed by atoms with Crippen LogP contribution in [0.1, 0.15) is 33.6 Å². The van der Waals surface area contributed by atoms with Crippen molar-refractivity contribution in [3.63, 3.8) is 0 Å². The Balaban J connectivity index is 1.73. The lowest BCUT2D eigenvalue weighted by Crippen LogP contribution is -2.43. The maximum Gasteiger partial charge on any atom is 0.335 e. The molecule has 2 N–H and O–H groups in total. The minimum Gasteiger partial charge on any atom is -0.478 e. The topological polar surface area (TPSA) is 67.8 Å². The molecule has 0 amide bonds. The first-order valence-electron chi connectivity index (χ1n) is 7.76. The summed E-state index contributed by atoms with van der Waals surface area (Å²) in [5, 5.41) is 13.2. The van der Waals surface area contributed by atoms with Crippen LogP contribution in [0, 0.1) is 0 Å². The molecule has 0 bridgehead atoms. The Labute approximate surface area is 144 Å². The van der Waals surface area contributed by atoms with E-state index in [4.69, 9.17) is 26.2 Å². The molecule has 0 radical (unpaired) electrons. The molecular weight excluding hydrogens is 330 g/mol. The zero-order valence-electron chi connectivity index (χ0n) is 12.7. The minimum atomic E-state index is -0.937. The zero-order valence-corrected chi connectivity index (χ0v) is 13.5. The number of ether oxygens (including phenoxy) is 2. The number of halogens is 1. The van der Waals surface area contributed by atoms with E-state index in [9.17, 15) is 4.79 Å². The van der Waals surface area contributed by atoms with Gasteiger partial charge in [0.05, 0.1) is 24.8 Å². The lowest BCUT2D eigenvalue weighted by molar-refractivity contribution is -0.151. The minimum absolute atomic E-state index is 0.119. The van der Waals surface area contributed by atoms with Gasteiger partial charge in [-0.3, -0.25) is 0 Å². The second-order valence-corrected chi connectivity index (χ2v) is 6.34. The molecular formula is C18H16ClNO4. The Bertz CT molecular complexity index is 777. The standard InChI is InChI=1S/C18H16ClNO4/c19-12-5-6-14-13(9-12)16-17(24-8-7-23-16)15(20-14)10-1-3-11(4-2-10)18(21)22/h1-6,9,15-17,20H,7-8H2,(H,21,22)/t15-,16-,17+/m0/s1. The molecule has 0 saturated carbocycles. The van der Waals surface area contributed by atoms with Gasteiger partial charge in [0.1, 0.15) is 12.2 Å². The van der Waals surface area contributed by atoms with E-state index < -0.39 is 5.97 Å². The summed E-state index contributed by atoms with van der Waals surface area (Å²) >= 11 is 6.13. The molecule has 1 saturated heterocycles. The number of benzene rings is 2. The number of anilines is 1. The van der Waals surface area contributed by atoms with Crippen LogP contribution in [0.15, 0.2) is 42.5 Å². The fraction of sp³-hybridized carbons (Fsp3) is 0.278. The monoisotopic (exact) mass is 345 g/mol. The van der Waals surface area contributed by atoms with E-state index in [0.29, 0.717) is 18.2 Å². The number of hydrogen-bond acceptors (Lipinski definition) is 4. The second-order valence-electron chi connectivity index (χ2n) is 5.91. The molecule has 5 nitrogen and oxygen atoms in total. The van der Waals surface area contributed by atoms with E-state index in [0.717, 1.165) is 16.8 Å². The summed E-state index contributed by atoms with van der Waals surface area (Å²) in [6, 6.07) is 12.4. The summed E-state index contributed by atoms with van der Waals surface area (Å²) in [6.07, 6.45) is -0.391. The predicted molar refractivity (Wildman–Crippen MR) is 89.7 cm³/mol. The third-order valence-electron chi connectivity index (χ3n) is 4.47. The van der Waals surface area contributed by atoms with E-state index in [1.54, 1.807) is 12.1 Å². The number of hydrogen-bond donors (Lipinski definition) is 2. The fourth-order valence-electron chi connectivity index (χ4n) is 3.34. The highest BCUT2D eigenvalue weighted by molar-refractivity contribution is 6.30. The van der Waals surface area contributed by atoms with Crippen molar-refractivity contribution in [1.82, 2.24) is 0 Å². The molecule has 2 aliphatic rings. The van der Waals surface area contributed by atoms with Crippen LogP contribution >= 0.6 is 11.6 Å². The maximum absolute atomic E-state index is 11.0. The van der Waals surface area contributed by atoms with E-state index in [2.05, 4.69) is 5.32 Å². The number of aromatic carboxylic acids is 1. The van der Waals surface area contributed by atoms with Gasteiger partial charge in [-0.2, -0.15) is 0 Å². The fourth-order valence-corrected chi connectivity index (χ4v) is 3.52. The predicted octanol–water partition coefficient (Wildman–Crippen LogP) is 3.66. The summed E-state index contributed by atoms with van der Waals surface area (Å²) in [5.41, 5.74) is 3.17. The summed E-state index contributed by atoms with van der Waals surface area (Å²) in [4.78, 5) is 11.0. The smallest absolute Gasteiger partial charge is 0.335 e. The molecule has 0 unspecified atom stereocenters. The van der Waals surface area contributed by atoms with Gasteiger partial charge >= 0.3 is 5.97 Å². The number of carboxylic acid groups (broad SMARTS) is 1. The third kappa shape index (κ3) is 2.65. The van der Waals surface area contributed by atoms with Crippen LogP contribution in [0.5, 0.6) is 0 Å². The Morgan fingerprint density at radius 3 is 2.62 bits per heavy atom. The molecule has 3 atom stereocenters. The molecule has 2 aromatic carbocycles. The van der Waals surface area contributed by atoms with Crippen LogP contribution in [0.4, 0.5) is 5.69 Å². The number of fused-ring (bicyclic) bond motifs is 3. The molecule has 6 heteroatoms. The summed E-state index contributed by atoms with van der Waals surface area (Å²) < 4.78 is 11.9. The molecule has 124 valence electrons. The van der Waals surface area contributed by atoms with Crippen molar-refractivity contribution in [2.24, 2.45) is 0 Å². The molecule has 0 aliphatic carbocycles. The van der Waals surface area contributed by atoms with Crippen LogP contribution < -0.4 is 5.32 Å². The van der Waals surface area contributed by atoms with Gasteiger partial charge < -0.3 is 19.9 Å². The molecule has 2 aromatic rings. The average molecular weight is 346 g/mol. The molecule has 1 fully saturated rings. The van der Waals surface area contributed by atoms with Crippen LogP contribution in [0.2, 0.25) is 5.02 Å². The van der Waals surface area contributed by atoms with Gasteiger partial charge in [0.2, 0.25) is 0 Å². The van der Waals surface area contributed by atoms with Crippen molar-refractivity contribution in [3.05, 3.63) is 64.2 Å². The highest BCUT2D eigenvalue weighted by atomic mass is 35.5. The average Bonchev–Trinajstić information content (AvgIpc) is 2.61. The Kier molecular flexibility index (Phi) is 3.92. The van der Waals surface area contributed by atoms with Gasteiger partial charge in [0, 0.05) is 16.3 Å². The van der Waals surface area contributed by atoms with E-state index in [1.807, 2.05) is 30.3 Å². The quantitative estimate of drug-likeness (QED) is 0.869. The van der Waals surface area contributed by atoms with Gasteiger partial charge in [-0.1, -0.05) is 23.7 Å². The van der Waals surface area contributed by atoms with Crippen molar-refractivity contribution in [3.8, 4) is 0 Å². The van der Waals surface area contributed by atoms with Gasteiger partial charge in [-0.15, -0.1) is 0 Å². The van der Waals surface area contributed by atoms with Gasteiger partial charge in [0.15, 0.2) is 0 Å². The van der Waals surface area contributed by atoms with Gasteiger partial charge in [-0.25, -0.2) is 4.79 Å². The van der Waals surface area contributed by atoms with E-state index >= 15 is 0 Å². The maximum atomic E-state index is 11.0. The molecule has 0 spiro atoms. The molecule has 0 aromatic heterocycles. The highest BCUT2D eigenvalue weighted by Gasteiger charge is 2.41. The van der Waals surface area contributed by atoms with Crippen molar-refractivity contribution in [1.29, 1.82) is 0 Å². The first-order valence-corrected chi connectivity index (χ1v) is 8.14. The van der Waals surface area contributed by atoms with Crippen LogP contribution in [-0.2, 0) is 9.47 Å². The number of carboxylic acids is 1. The first kappa shape index (κ1) is 15.4. The number of carbonyl (C=O) groups is 1. The summed E-state index contributed by atoms with van der Waals surface area (Å²) in [5.74, 6) is -0.937. The lowest BCUT2D eigenvalue weighted by atomic mass is 9.87. The molecule has 2 heterocycles. The zero-order chi connectivity index (χ0) is 16.7. The van der Waals surface area contributed by atoms with Crippen LogP contribution in [0.25, 0.3) is 0 Å². The normalized spacial score (nSPS) is 25.3. The van der Waals surface area contributed by atoms with Crippen molar-refractivity contribution < 1.29 is 19.4 Å². The van der Waals surface area contributed by atoms with Crippen LogP contribution in [0.3, 0.4) is 0 Å². The third-order valence-corrected chi connectivity index (χ3v) is 4.70. The number of rotatable bonds is 2. The Morgan fingerprint density at radius 1 is 1.12 bits per heavy atom. The highest BCUT2D eigenvalue weighted by Crippen LogP contribution is 2.44. The first-order chi connectivity index (χ1) is 11.6.